The normalized spacial score (nSPS) is 19.7. The summed E-state index contributed by atoms with van der Waals surface area (Å²) in [6.45, 7) is 18.7. The van der Waals surface area contributed by atoms with Crippen molar-refractivity contribution < 1.29 is 0 Å². The average molecular weight is 337 g/mol. The Morgan fingerprint density at radius 3 is 1.46 bits per heavy atom. The highest BCUT2D eigenvalue weighted by atomic mass is 14.1. The van der Waals surface area contributed by atoms with Gasteiger partial charge >= 0.3 is 0 Å². The average Bonchev–Trinajstić information content (AvgIpc) is 3.40. The first-order valence-electron chi connectivity index (χ1n) is 10.7. The maximum Gasteiger partial charge on any atom is -0.0259 e. The zero-order valence-corrected chi connectivity index (χ0v) is 18.5. The molecule has 0 radical (unpaired) electrons. The molecule has 144 valence electrons. The van der Waals surface area contributed by atoms with Crippen LogP contribution >= 0.6 is 0 Å². The van der Waals surface area contributed by atoms with Gasteiger partial charge in [-0.1, -0.05) is 91.3 Å². The molecule has 0 aromatic rings. The van der Waals surface area contributed by atoms with E-state index < -0.39 is 0 Å². The molecule has 0 heterocycles. The molecule has 3 rings (SSSR count). The van der Waals surface area contributed by atoms with Crippen molar-refractivity contribution in [3.63, 3.8) is 0 Å². The number of hydrogen-bond acceptors (Lipinski definition) is 0. The summed E-state index contributed by atoms with van der Waals surface area (Å²) in [5.41, 5.74) is 1.58. The van der Waals surface area contributed by atoms with Gasteiger partial charge in [0.15, 0.2) is 0 Å². The van der Waals surface area contributed by atoms with Crippen molar-refractivity contribution in [1.82, 2.24) is 0 Å². The van der Waals surface area contributed by atoms with E-state index in [0.29, 0.717) is 0 Å². The maximum atomic E-state index is 2.32. The minimum atomic E-state index is 0.866. The van der Waals surface area contributed by atoms with Gasteiger partial charge in [0.2, 0.25) is 0 Å². The standard InChI is InChI=1S/3C6H10.3C2H6/c3*1-6-4-2-3-5-6;3*1-2/h4H,2-3,5H2,1H3;2,4,6H,3,5H2,1H3;2-3,6H,4-5H2,1H3;3*1-2H3. The molecule has 1 atom stereocenters. The van der Waals surface area contributed by atoms with E-state index in [2.05, 4.69) is 51.2 Å². The van der Waals surface area contributed by atoms with Gasteiger partial charge < -0.3 is 0 Å². The Hall–Kier alpha value is -0.780. The molecule has 0 aliphatic heterocycles. The molecule has 0 amide bonds. The summed E-state index contributed by atoms with van der Waals surface area (Å²) in [6.07, 6.45) is 20.7. The van der Waals surface area contributed by atoms with Crippen LogP contribution in [-0.2, 0) is 0 Å². The van der Waals surface area contributed by atoms with Crippen molar-refractivity contribution in [3.8, 4) is 0 Å². The molecule has 0 heteroatoms. The Morgan fingerprint density at radius 2 is 1.33 bits per heavy atom. The highest BCUT2D eigenvalue weighted by Gasteiger charge is 2.00. The minimum Gasteiger partial charge on any atom is -0.0883 e. The Balaban J connectivity index is -0.000000239. The molecular weight excluding hydrogens is 288 g/mol. The fourth-order valence-electron chi connectivity index (χ4n) is 2.37. The van der Waals surface area contributed by atoms with E-state index in [1.54, 1.807) is 5.57 Å². The molecule has 0 nitrogen and oxygen atoms in total. The monoisotopic (exact) mass is 336 g/mol. The third-order valence-corrected chi connectivity index (χ3v) is 3.76. The van der Waals surface area contributed by atoms with E-state index in [1.165, 1.54) is 44.9 Å². The first-order valence-corrected chi connectivity index (χ1v) is 10.7. The number of allylic oxidation sites excluding steroid dienone is 6. The van der Waals surface area contributed by atoms with Gasteiger partial charge in [-0.25, -0.2) is 0 Å². The van der Waals surface area contributed by atoms with Crippen molar-refractivity contribution in [2.24, 2.45) is 11.8 Å². The third-order valence-electron chi connectivity index (χ3n) is 3.76. The van der Waals surface area contributed by atoms with Gasteiger partial charge in [-0.15, -0.1) is 0 Å². The van der Waals surface area contributed by atoms with Crippen molar-refractivity contribution in [2.45, 2.75) is 107 Å². The lowest BCUT2D eigenvalue weighted by atomic mass is 10.1. The third kappa shape index (κ3) is 21.2. The van der Waals surface area contributed by atoms with Crippen molar-refractivity contribution in [2.75, 3.05) is 0 Å². The SMILES string of the molecule is CC.CC.CC.CC1=CCCC1.CC1C=CCC1.CC1CC=CC1. The van der Waals surface area contributed by atoms with Crippen LogP contribution in [0, 0.1) is 11.8 Å². The van der Waals surface area contributed by atoms with Crippen LogP contribution < -0.4 is 0 Å². The summed E-state index contributed by atoms with van der Waals surface area (Å²) in [5, 5.41) is 0. The topological polar surface area (TPSA) is 0 Å². The lowest BCUT2D eigenvalue weighted by Gasteiger charge is -1.92. The molecule has 24 heavy (non-hydrogen) atoms. The summed E-state index contributed by atoms with van der Waals surface area (Å²) >= 11 is 0. The second kappa shape index (κ2) is 24.5. The van der Waals surface area contributed by atoms with Gasteiger partial charge in [-0.3, -0.25) is 0 Å². The van der Waals surface area contributed by atoms with E-state index in [9.17, 15) is 0 Å². The molecule has 0 spiro atoms. The first-order chi connectivity index (χ1) is 11.7. The van der Waals surface area contributed by atoms with Gasteiger partial charge in [0.05, 0.1) is 0 Å². The van der Waals surface area contributed by atoms with Crippen LogP contribution in [0.15, 0.2) is 36.0 Å². The predicted octanol–water partition coefficient (Wildman–Crippen LogP) is 9.14. The summed E-state index contributed by atoms with van der Waals surface area (Å²) in [5.74, 6) is 1.80. The number of hydrogen-bond donors (Lipinski definition) is 0. The Bertz CT molecular complexity index is 285. The summed E-state index contributed by atoms with van der Waals surface area (Å²) < 4.78 is 0. The molecule has 3 aliphatic carbocycles. The highest BCUT2D eigenvalue weighted by Crippen LogP contribution is 2.16. The van der Waals surface area contributed by atoms with E-state index >= 15 is 0 Å². The van der Waals surface area contributed by atoms with Crippen LogP contribution in [0.3, 0.4) is 0 Å². The predicted molar refractivity (Wildman–Crippen MR) is 117 cm³/mol. The quantitative estimate of drug-likeness (QED) is 0.387. The first kappa shape index (κ1) is 28.0. The van der Waals surface area contributed by atoms with Gasteiger partial charge in [-0.05, 0) is 63.7 Å². The lowest BCUT2D eigenvalue weighted by molar-refractivity contribution is 0.638. The van der Waals surface area contributed by atoms with Crippen LogP contribution in [0.25, 0.3) is 0 Å². The van der Waals surface area contributed by atoms with E-state index in [0.717, 1.165) is 11.8 Å². The fourth-order valence-corrected chi connectivity index (χ4v) is 2.37. The summed E-state index contributed by atoms with van der Waals surface area (Å²) in [6, 6.07) is 0. The molecule has 1 unspecified atom stereocenters. The van der Waals surface area contributed by atoms with Gasteiger partial charge in [-0.2, -0.15) is 0 Å². The lowest BCUT2D eigenvalue weighted by Crippen LogP contribution is -1.79. The van der Waals surface area contributed by atoms with E-state index in [4.69, 9.17) is 0 Å². The second-order valence-electron chi connectivity index (χ2n) is 5.97. The smallest absolute Gasteiger partial charge is 0.0259 e. The Morgan fingerprint density at radius 1 is 0.792 bits per heavy atom. The van der Waals surface area contributed by atoms with E-state index in [-0.39, 0.29) is 0 Å². The molecule has 0 aromatic carbocycles. The molecule has 0 saturated carbocycles. The van der Waals surface area contributed by atoms with E-state index in [1.807, 2.05) is 41.5 Å². The molecule has 3 aliphatic rings. The van der Waals surface area contributed by atoms with Gasteiger partial charge in [0.1, 0.15) is 0 Å². The molecule has 0 saturated heterocycles. The molecule has 0 fully saturated rings. The second-order valence-corrected chi connectivity index (χ2v) is 5.97. The van der Waals surface area contributed by atoms with Gasteiger partial charge in [0.25, 0.3) is 0 Å². The molecular formula is C24H48. The van der Waals surface area contributed by atoms with Crippen LogP contribution in [0.2, 0.25) is 0 Å². The summed E-state index contributed by atoms with van der Waals surface area (Å²) in [4.78, 5) is 0. The highest BCUT2D eigenvalue weighted by molar-refractivity contribution is 5.03. The zero-order valence-electron chi connectivity index (χ0n) is 18.5. The largest absolute Gasteiger partial charge is 0.0883 e. The zero-order chi connectivity index (χ0) is 19.2. The Labute approximate surface area is 155 Å². The van der Waals surface area contributed by atoms with Crippen LogP contribution in [0.1, 0.15) is 107 Å². The van der Waals surface area contributed by atoms with Crippen molar-refractivity contribution >= 4 is 0 Å². The van der Waals surface area contributed by atoms with Crippen molar-refractivity contribution in [3.05, 3.63) is 36.0 Å². The number of rotatable bonds is 0. The van der Waals surface area contributed by atoms with Gasteiger partial charge in [0, 0.05) is 0 Å². The molecule has 0 N–H and O–H groups in total. The van der Waals surface area contributed by atoms with Crippen molar-refractivity contribution in [1.29, 1.82) is 0 Å². The summed E-state index contributed by atoms with van der Waals surface area (Å²) in [7, 11) is 0. The van der Waals surface area contributed by atoms with Crippen LogP contribution in [-0.4, -0.2) is 0 Å². The molecule has 0 aromatic heterocycles. The Kier molecular flexibility index (Phi) is 28.6. The fraction of sp³-hybridized carbons (Fsp3) is 0.750. The van der Waals surface area contributed by atoms with Crippen LogP contribution in [0.5, 0.6) is 0 Å². The van der Waals surface area contributed by atoms with Crippen LogP contribution in [0.4, 0.5) is 0 Å². The molecule has 0 bridgehead atoms. The minimum absolute atomic E-state index is 0.866. The maximum absolute atomic E-state index is 2.32.